The summed E-state index contributed by atoms with van der Waals surface area (Å²) < 4.78 is 5.97. The van der Waals surface area contributed by atoms with Gasteiger partial charge in [0.25, 0.3) is 0 Å². The van der Waals surface area contributed by atoms with E-state index in [9.17, 15) is 19.8 Å². The normalized spacial score (nSPS) is 13.1. The minimum Gasteiger partial charge on any atom is -0.462 e. The maximum Gasteiger partial charge on any atom is 0.306 e. The van der Waals surface area contributed by atoms with Gasteiger partial charge in [0.2, 0.25) is 5.91 Å². The molecule has 3 N–H and O–H groups in total. The number of aliphatic hydroxyl groups excluding tert-OH is 2. The summed E-state index contributed by atoms with van der Waals surface area (Å²) in [5.74, 6) is -0.455. The van der Waals surface area contributed by atoms with Gasteiger partial charge in [-0.25, -0.2) is 0 Å². The zero-order valence-corrected chi connectivity index (χ0v) is 44.2. The van der Waals surface area contributed by atoms with E-state index in [1.165, 1.54) is 238 Å². The molecule has 6 nitrogen and oxygen atoms in total. The first-order valence-corrected chi connectivity index (χ1v) is 29.4. The molecule has 6 heteroatoms. The van der Waals surface area contributed by atoms with Crippen molar-refractivity contribution in [2.45, 2.75) is 347 Å². The first-order valence-electron chi connectivity index (χ1n) is 29.4. The van der Waals surface area contributed by atoms with Crippen LogP contribution in [-0.2, 0) is 14.3 Å². The van der Waals surface area contributed by atoms with Crippen LogP contribution in [0.5, 0.6) is 0 Å². The first kappa shape index (κ1) is 63.6. The molecule has 0 radical (unpaired) electrons. The molecule has 0 aromatic heterocycles. The lowest BCUT2D eigenvalue weighted by atomic mass is 10.0. The second kappa shape index (κ2) is 53.6. The number of ether oxygens (including phenoxy) is 1. The van der Waals surface area contributed by atoms with E-state index in [2.05, 4.69) is 38.2 Å². The molecule has 0 aliphatic rings. The Morgan fingerprint density at radius 1 is 0.431 bits per heavy atom. The minimum atomic E-state index is -0.783. The molecule has 386 valence electrons. The average molecular weight is 919 g/mol. The van der Waals surface area contributed by atoms with Crippen molar-refractivity contribution in [2.24, 2.45) is 0 Å². The molecule has 3 unspecified atom stereocenters. The zero-order valence-electron chi connectivity index (χ0n) is 44.2. The van der Waals surface area contributed by atoms with Crippen LogP contribution in [0.25, 0.3) is 0 Å². The summed E-state index contributed by atoms with van der Waals surface area (Å²) in [6.07, 6.45) is 61.3. The van der Waals surface area contributed by atoms with Gasteiger partial charge in [0.05, 0.1) is 25.2 Å². The Hall–Kier alpha value is -1.40. The van der Waals surface area contributed by atoms with Crippen LogP contribution in [0.4, 0.5) is 0 Å². The number of carbonyl (C=O) groups is 2. The molecular weight excluding hydrogens is 803 g/mol. The average Bonchev–Trinajstić information content (AvgIpc) is 3.30. The smallest absolute Gasteiger partial charge is 0.306 e. The fourth-order valence-electron chi connectivity index (χ4n) is 9.37. The molecule has 0 aromatic carbocycles. The van der Waals surface area contributed by atoms with Crippen molar-refractivity contribution in [3.63, 3.8) is 0 Å². The third kappa shape index (κ3) is 48.9. The van der Waals surface area contributed by atoms with Crippen LogP contribution >= 0.6 is 0 Å². The summed E-state index contributed by atoms with van der Waals surface area (Å²) in [5.41, 5.74) is 0. The summed E-state index contributed by atoms with van der Waals surface area (Å²) in [7, 11) is 0. The van der Waals surface area contributed by atoms with Crippen LogP contribution in [0.1, 0.15) is 329 Å². The summed E-state index contributed by atoms with van der Waals surface area (Å²) in [6, 6.07) is -0.696. The van der Waals surface area contributed by atoms with E-state index in [1.807, 2.05) is 0 Å². The van der Waals surface area contributed by atoms with Crippen molar-refractivity contribution in [1.82, 2.24) is 5.32 Å². The molecule has 0 aromatic rings. The highest BCUT2D eigenvalue weighted by Gasteiger charge is 2.24. The van der Waals surface area contributed by atoms with Crippen LogP contribution in [-0.4, -0.2) is 46.9 Å². The standard InChI is InChI=1S/C59H115NO5/c1-4-7-10-13-16-19-22-25-27-29-31-34-37-40-43-46-49-52-59(64)65-55(50-47-44-41-38-35-32-24-21-18-15-12-9-6-3)53-58(63)60-56(54-61)57(62)51-48-45-42-39-36-33-30-28-26-23-20-17-14-11-8-5-2/h25,27,55-57,61-62H,4-24,26,28-54H2,1-3H3,(H,60,63)/b27-25+. The van der Waals surface area contributed by atoms with Gasteiger partial charge in [-0.2, -0.15) is 0 Å². The number of hydrogen-bond donors (Lipinski definition) is 3. The van der Waals surface area contributed by atoms with Gasteiger partial charge in [-0.3, -0.25) is 9.59 Å². The Morgan fingerprint density at radius 2 is 0.738 bits per heavy atom. The van der Waals surface area contributed by atoms with Gasteiger partial charge in [-0.15, -0.1) is 0 Å². The lowest BCUT2D eigenvalue weighted by Crippen LogP contribution is -2.46. The van der Waals surface area contributed by atoms with E-state index >= 15 is 0 Å². The van der Waals surface area contributed by atoms with Gasteiger partial charge >= 0.3 is 5.97 Å². The van der Waals surface area contributed by atoms with E-state index in [0.29, 0.717) is 19.3 Å². The van der Waals surface area contributed by atoms with Crippen LogP contribution in [0.3, 0.4) is 0 Å². The molecule has 0 aliphatic carbocycles. The maximum atomic E-state index is 13.3. The van der Waals surface area contributed by atoms with Gasteiger partial charge < -0.3 is 20.3 Å². The first-order chi connectivity index (χ1) is 32.0. The van der Waals surface area contributed by atoms with Crippen LogP contribution in [0.2, 0.25) is 0 Å². The summed E-state index contributed by atoms with van der Waals surface area (Å²) in [6.45, 7) is 6.53. The highest BCUT2D eigenvalue weighted by molar-refractivity contribution is 5.77. The summed E-state index contributed by atoms with van der Waals surface area (Å²) >= 11 is 0. The molecule has 0 saturated carbocycles. The van der Waals surface area contributed by atoms with Gasteiger partial charge in [-0.05, 0) is 51.4 Å². The van der Waals surface area contributed by atoms with E-state index < -0.39 is 18.2 Å². The largest absolute Gasteiger partial charge is 0.462 e. The Balaban J connectivity index is 4.47. The molecule has 0 heterocycles. The Kier molecular flexibility index (Phi) is 52.4. The highest BCUT2D eigenvalue weighted by atomic mass is 16.5. The molecule has 0 rings (SSSR count). The predicted octanol–water partition coefficient (Wildman–Crippen LogP) is 18.1. The van der Waals surface area contributed by atoms with Crippen molar-refractivity contribution >= 4 is 11.9 Å². The zero-order chi connectivity index (χ0) is 47.4. The van der Waals surface area contributed by atoms with Gasteiger partial charge in [0.15, 0.2) is 0 Å². The SMILES string of the molecule is CCCCCCCC/C=C/CCCCCCCCCC(=O)OC(CCCCCCCCCCCCCCC)CC(=O)NC(CO)C(O)CCCCCCCCCCCCCCCCCC. The second-order valence-corrected chi connectivity index (χ2v) is 20.4. The Bertz CT molecular complexity index is 986. The predicted molar refractivity (Wildman–Crippen MR) is 283 cm³/mol. The summed E-state index contributed by atoms with van der Waals surface area (Å²) in [4.78, 5) is 26.3. The lowest BCUT2D eigenvalue weighted by Gasteiger charge is -2.24. The summed E-state index contributed by atoms with van der Waals surface area (Å²) in [5, 5.41) is 23.9. The Labute approximate surface area is 406 Å². The number of carbonyl (C=O) groups excluding carboxylic acids is 2. The molecule has 3 atom stereocenters. The van der Waals surface area contributed by atoms with E-state index in [4.69, 9.17) is 4.74 Å². The third-order valence-electron chi connectivity index (χ3n) is 13.8. The molecule has 65 heavy (non-hydrogen) atoms. The highest BCUT2D eigenvalue weighted by Crippen LogP contribution is 2.19. The number of nitrogens with one attached hydrogen (secondary N) is 1. The number of allylic oxidation sites excluding steroid dienone is 2. The molecular formula is C59H115NO5. The number of aliphatic hydroxyl groups is 2. The Morgan fingerprint density at radius 3 is 1.09 bits per heavy atom. The number of hydrogen-bond acceptors (Lipinski definition) is 5. The number of amides is 1. The molecule has 0 saturated heterocycles. The number of rotatable bonds is 54. The quantitative estimate of drug-likeness (QED) is 0.0321. The van der Waals surface area contributed by atoms with Crippen LogP contribution in [0, 0.1) is 0 Å². The molecule has 0 spiro atoms. The van der Waals surface area contributed by atoms with Gasteiger partial charge in [0, 0.05) is 6.42 Å². The van der Waals surface area contributed by atoms with Crippen molar-refractivity contribution < 1.29 is 24.5 Å². The van der Waals surface area contributed by atoms with Crippen molar-refractivity contribution in [1.29, 1.82) is 0 Å². The number of esters is 1. The van der Waals surface area contributed by atoms with Crippen molar-refractivity contribution in [2.75, 3.05) is 6.61 Å². The molecule has 0 aliphatic heterocycles. The number of unbranched alkanes of at least 4 members (excludes halogenated alkanes) is 40. The van der Waals surface area contributed by atoms with Gasteiger partial charge in [-0.1, -0.05) is 277 Å². The molecule has 0 fully saturated rings. The lowest BCUT2D eigenvalue weighted by molar-refractivity contribution is -0.151. The molecule has 0 bridgehead atoms. The maximum absolute atomic E-state index is 13.3. The van der Waals surface area contributed by atoms with E-state index in [-0.39, 0.29) is 24.9 Å². The van der Waals surface area contributed by atoms with E-state index in [0.717, 1.165) is 44.9 Å². The fraction of sp³-hybridized carbons (Fsp3) is 0.932. The fourth-order valence-corrected chi connectivity index (χ4v) is 9.37. The van der Waals surface area contributed by atoms with Crippen LogP contribution < -0.4 is 5.32 Å². The molecule has 1 amide bonds. The van der Waals surface area contributed by atoms with E-state index in [1.54, 1.807) is 0 Å². The third-order valence-corrected chi connectivity index (χ3v) is 13.8. The van der Waals surface area contributed by atoms with Gasteiger partial charge in [0.1, 0.15) is 6.10 Å². The van der Waals surface area contributed by atoms with Crippen LogP contribution in [0.15, 0.2) is 12.2 Å². The van der Waals surface area contributed by atoms with Crippen molar-refractivity contribution in [3.05, 3.63) is 12.2 Å². The topological polar surface area (TPSA) is 95.9 Å². The minimum absolute atomic E-state index is 0.0838. The second-order valence-electron chi connectivity index (χ2n) is 20.4. The van der Waals surface area contributed by atoms with Crippen molar-refractivity contribution in [3.8, 4) is 0 Å². The monoisotopic (exact) mass is 918 g/mol.